The van der Waals surface area contributed by atoms with Gasteiger partial charge in [-0.05, 0) is 36.5 Å². The van der Waals surface area contributed by atoms with Crippen molar-refractivity contribution in [1.82, 2.24) is 10.3 Å². The van der Waals surface area contributed by atoms with Gasteiger partial charge in [0.05, 0.1) is 24.3 Å². The molecule has 1 fully saturated rings. The Bertz CT molecular complexity index is 668. The number of fused-ring (bicyclic) bond motifs is 1. The quantitative estimate of drug-likeness (QED) is 0.782. The SMILES string of the molecule is O=C(CCO)N[C@@H](c1cnc2ccccc2c1)C1CC(O)C1. The maximum absolute atomic E-state index is 11.9. The van der Waals surface area contributed by atoms with E-state index in [4.69, 9.17) is 5.11 Å². The third-order valence-corrected chi connectivity index (χ3v) is 4.25. The lowest BCUT2D eigenvalue weighted by Gasteiger charge is -2.38. The normalized spacial score (nSPS) is 22.1. The topological polar surface area (TPSA) is 82.5 Å². The van der Waals surface area contributed by atoms with Gasteiger partial charge in [0.15, 0.2) is 0 Å². The number of rotatable bonds is 5. The van der Waals surface area contributed by atoms with Crippen LogP contribution in [-0.2, 0) is 4.79 Å². The predicted octanol–water partition coefficient (Wildman–Crippen LogP) is 1.55. The number of hydrogen-bond donors (Lipinski definition) is 3. The molecule has 0 bridgehead atoms. The smallest absolute Gasteiger partial charge is 0.222 e. The predicted molar refractivity (Wildman–Crippen MR) is 83.1 cm³/mol. The first-order valence-electron chi connectivity index (χ1n) is 7.60. The number of aliphatic hydroxyl groups excluding tert-OH is 2. The van der Waals surface area contributed by atoms with Crippen LogP contribution in [0.4, 0.5) is 0 Å². The Hall–Kier alpha value is -1.98. The average Bonchev–Trinajstić information content (AvgIpc) is 2.50. The van der Waals surface area contributed by atoms with Crippen molar-refractivity contribution in [2.24, 2.45) is 5.92 Å². The molecule has 1 heterocycles. The van der Waals surface area contributed by atoms with Gasteiger partial charge >= 0.3 is 0 Å². The van der Waals surface area contributed by atoms with Crippen molar-refractivity contribution in [3.05, 3.63) is 42.1 Å². The van der Waals surface area contributed by atoms with Gasteiger partial charge in [-0.15, -0.1) is 0 Å². The number of aliphatic hydroxyl groups is 2. The zero-order valence-electron chi connectivity index (χ0n) is 12.3. The number of amides is 1. The highest BCUT2D eigenvalue weighted by Crippen LogP contribution is 2.38. The van der Waals surface area contributed by atoms with Gasteiger partial charge in [0.2, 0.25) is 5.91 Å². The lowest BCUT2D eigenvalue weighted by molar-refractivity contribution is -0.123. The van der Waals surface area contributed by atoms with E-state index in [2.05, 4.69) is 10.3 Å². The Morgan fingerprint density at radius 3 is 2.86 bits per heavy atom. The molecule has 2 aromatic rings. The minimum atomic E-state index is -0.282. The van der Waals surface area contributed by atoms with Crippen molar-refractivity contribution in [2.45, 2.75) is 31.4 Å². The number of carbonyl (C=O) groups is 1. The van der Waals surface area contributed by atoms with Gasteiger partial charge < -0.3 is 15.5 Å². The van der Waals surface area contributed by atoms with Crippen molar-refractivity contribution in [1.29, 1.82) is 0 Å². The van der Waals surface area contributed by atoms with E-state index in [1.807, 2.05) is 30.3 Å². The van der Waals surface area contributed by atoms with Crippen LogP contribution in [0.15, 0.2) is 36.5 Å². The van der Waals surface area contributed by atoms with Crippen molar-refractivity contribution < 1.29 is 15.0 Å². The first-order chi connectivity index (χ1) is 10.7. The number of carbonyl (C=O) groups excluding carboxylic acids is 1. The van der Waals surface area contributed by atoms with Gasteiger partial charge in [0.25, 0.3) is 0 Å². The summed E-state index contributed by atoms with van der Waals surface area (Å²) >= 11 is 0. The molecule has 22 heavy (non-hydrogen) atoms. The van der Waals surface area contributed by atoms with Crippen molar-refractivity contribution >= 4 is 16.8 Å². The van der Waals surface area contributed by atoms with Crippen LogP contribution in [0, 0.1) is 5.92 Å². The second-order valence-corrected chi connectivity index (χ2v) is 5.87. The van der Waals surface area contributed by atoms with Gasteiger partial charge in [-0.1, -0.05) is 18.2 Å². The summed E-state index contributed by atoms with van der Waals surface area (Å²) in [6.07, 6.45) is 2.95. The van der Waals surface area contributed by atoms with E-state index in [9.17, 15) is 9.90 Å². The number of benzene rings is 1. The molecule has 1 aliphatic rings. The Balaban J connectivity index is 1.87. The van der Waals surface area contributed by atoms with E-state index in [0.717, 1.165) is 16.5 Å². The van der Waals surface area contributed by atoms with Crippen molar-refractivity contribution in [3.63, 3.8) is 0 Å². The summed E-state index contributed by atoms with van der Waals surface area (Å²) in [6, 6.07) is 9.72. The lowest BCUT2D eigenvalue weighted by Crippen LogP contribution is -2.41. The standard InChI is InChI=1S/C17H20N2O3/c20-6-5-16(22)19-17(12-8-14(21)9-12)13-7-11-3-1-2-4-15(11)18-10-13/h1-4,7,10,12,14,17,20-21H,5-6,8-9H2,(H,19,22)/t12?,14?,17-/m1/s1. The molecule has 1 amide bonds. The fourth-order valence-corrected chi connectivity index (χ4v) is 2.98. The van der Waals surface area contributed by atoms with Crippen LogP contribution >= 0.6 is 0 Å². The van der Waals surface area contributed by atoms with E-state index < -0.39 is 0 Å². The molecule has 1 saturated carbocycles. The summed E-state index contributed by atoms with van der Waals surface area (Å²) in [5, 5.41) is 22.5. The molecule has 1 aliphatic carbocycles. The summed E-state index contributed by atoms with van der Waals surface area (Å²) in [6.45, 7) is -0.165. The van der Waals surface area contributed by atoms with Crippen molar-refractivity contribution in [2.75, 3.05) is 6.61 Å². The highest BCUT2D eigenvalue weighted by molar-refractivity contribution is 5.80. The summed E-state index contributed by atoms with van der Waals surface area (Å²) in [7, 11) is 0. The zero-order valence-corrected chi connectivity index (χ0v) is 12.3. The maximum Gasteiger partial charge on any atom is 0.222 e. The number of aromatic nitrogens is 1. The Morgan fingerprint density at radius 2 is 2.14 bits per heavy atom. The third kappa shape index (κ3) is 3.10. The fourth-order valence-electron chi connectivity index (χ4n) is 2.98. The number of nitrogens with one attached hydrogen (secondary N) is 1. The summed E-state index contributed by atoms with van der Waals surface area (Å²) in [5.74, 6) is 0.0302. The van der Waals surface area contributed by atoms with Gasteiger partial charge in [-0.25, -0.2) is 0 Å². The van der Waals surface area contributed by atoms with Crippen molar-refractivity contribution in [3.8, 4) is 0 Å². The first kappa shape index (κ1) is 14.9. The molecule has 0 aliphatic heterocycles. The Labute approximate surface area is 129 Å². The third-order valence-electron chi connectivity index (χ3n) is 4.25. The Morgan fingerprint density at radius 1 is 1.36 bits per heavy atom. The maximum atomic E-state index is 11.9. The summed E-state index contributed by atoms with van der Waals surface area (Å²) in [4.78, 5) is 16.3. The minimum absolute atomic E-state index is 0.0901. The monoisotopic (exact) mass is 300 g/mol. The lowest BCUT2D eigenvalue weighted by atomic mass is 9.75. The van der Waals surface area contributed by atoms with Crippen LogP contribution in [-0.4, -0.2) is 33.8 Å². The molecular weight excluding hydrogens is 280 g/mol. The van der Waals surface area contributed by atoms with Gasteiger partial charge in [0.1, 0.15) is 0 Å². The van der Waals surface area contributed by atoms with Crippen LogP contribution < -0.4 is 5.32 Å². The second kappa shape index (κ2) is 6.42. The molecule has 0 saturated heterocycles. The highest BCUT2D eigenvalue weighted by Gasteiger charge is 2.35. The molecule has 5 heteroatoms. The minimum Gasteiger partial charge on any atom is -0.396 e. The van der Waals surface area contributed by atoms with Gasteiger partial charge in [-0.2, -0.15) is 0 Å². The number of nitrogens with zero attached hydrogens (tertiary/aromatic N) is 1. The fraction of sp³-hybridized carbons (Fsp3) is 0.412. The van der Waals surface area contributed by atoms with Crippen LogP contribution in [0.1, 0.15) is 30.9 Å². The van der Waals surface area contributed by atoms with Crippen LogP contribution in [0.2, 0.25) is 0 Å². The molecule has 1 aromatic carbocycles. The molecule has 0 spiro atoms. The summed E-state index contributed by atoms with van der Waals surface area (Å²) < 4.78 is 0. The molecule has 5 nitrogen and oxygen atoms in total. The van der Waals surface area contributed by atoms with E-state index in [-0.39, 0.29) is 37.0 Å². The largest absolute Gasteiger partial charge is 0.396 e. The first-order valence-corrected chi connectivity index (χ1v) is 7.60. The summed E-state index contributed by atoms with van der Waals surface area (Å²) in [5.41, 5.74) is 1.86. The van der Waals surface area contributed by atoms with E-state index in [0.29, 0.717) is 12.8 Å². The van der Waals surface area contributed by atoms with E-state index in [1.54, 1.807) is 6.20 Å². The molecule has 0 radical (unpaired) electrons. The average molecular weight is 300 g/mol. The molecule has 116 valence electrons. The zero-order chi connectivity index (χ0) is 15.5. The number of para-hydroxylation sites is 1. The molecular formula is C17H20N2O3. The molecule has 3 rings (SSSR count). The van der Waals surface area contributed by atoms with E-state index >= 15 is 0 Å². The van der Waals surface area contributed by atoms with Gasteiger partial charge in [0, 0.05) is 18.0 Å². The number of hydrogen-bond acceptors (Lipinski definition) is 4. The second-order valence-electron chi connectivity index (χ2n) is 5.87. The van der Waals surface area contributed by atoms with Crippen LogP contribution in [0.3, 0.4) is 0 Å². The van der Waals surface area contributed by atoms with E-state index in [1.165, 1.54) is 0 Å². The molecule has 0 unspecified atom stereocenters. The number of pyridine rings is 1. The highest BCUT2D eigenvalue weighted by atomic mass is 16.3. The van der Waals surface area contributed by atoms with Crippen LogP contribution in [0.5, 0.6) is 0 Å². The van der Waals surface area contributed by atoms with Crippen LogP contribution in [0.25, 0.3) is 10.9 Å². The molecule has 3 N–H and O–H groups in total. The Kier molecular flexibility index (Phi) is 4.36. The molecule has 1 atom stereocenters. The molecule has 1 aromatic heterocycles. The van der Waals surface area contributed by atoms with Gasteiger partial charge in [-0.3, -0.25) is 9.78 Å².